The van der Waals surface area contributed by atoms with E-state index < -0.39 is 12.7 Å². The van der Waals surface area contributed by atoms with Gasteiger partial charge in [0.15, 0.2) is 11.6 Å². The minimum Gasteiger partial charge on any atom is -0.327 e. The van der Waals surface area contributed by atoms with Crippen molar-refractivity contribution in [3.05, 3.63) is 81.8 Å². The third-order valence-corrected chi connectivity index (χ3v) is 10.9. The molecule has 1 aromatic carbocycles. The number of benzene rings is 1. The zero-order valence-corrected chi connectivity index (χ0v) is 30.2. The summed E-state index contributed by atoms with van der Waals surface area (Å²) in [6.07, 6.45) is 13.1. The molecule has 0 radical (unpaired) electrons. The predicted molar refractivity (Wildman–Crippen MR) is 191 cm³/mol. The lowest BCUT2D eigenvalue weighted by Crippen LogP contribution is -2.45. The topological polar surface area (TPSA) is 114 Å². The number of rotatable bonds is 5. The van der Waals surface area contributed by atoms with Crippen molar-refractivity contribution in [2.24, 2.45) is 5.41 Å². The number of ketones is 2. The second-order valence-corrected chi connectivity index (χ2v) is 15.0. The van der Waals surface area contributed by atoms with E-state index in [1.807, 2.05) is 12.1 Å². The van der Waals surface area contributed by atoms with Gasteiger partial charge in [0.05, 0.1) is 23.7 Å². The fraction of sp³-hybridized carbons (Fsp3) is 0.447. The van der Waals surface area contributed by atoms with Crippen LogP contribution in [0.4, 0.5) is 4.39 Å². The molecule has 4 aromatic rings. The monoisotopic (exact) mass is 741 g/mol. The highest BCUT2D eigenvalue weighted by atomic mass is 79.9. The molecule has 1 amide bonds. The Balaban J connectivity index is 1.24. The van der Waals surface area contributed by atoms with Crippen LogP contribution in [-0.2, 0) is 35.7 Å². The van der Waals surface area contributed by atoms with Gasteiger partial charge in [-0.15, -0.1) is 0 Å². The largest absolute Gasteiger partial charge is 0.327 e. The maximum Gasteiger partial charge on any atom is 0.245 e. The van der Waals surface area contributed by atoms with Crippen LogP contribution in [0.2, 0.25) is 0 Å². The van der Waals surface area contributed by atoms with E-state index in [0.717, 1.165) is 44.3 Å². The summed E-state index contributed by atoms with van der Waals surface area (Å²) in [7, 11) is 2.12. The highest BCUT2D eigenvalue weighted by molar-refractivity contribution is 9.10. The van der Waals surface area contributed by atoms with Crippen LogP contribution in [-0.4, -0.2) is 84.2 Å². The van der Waals surface area contributed by atoms with Crippen LogP contribution in [0.1, 0.15) is 72.2 Å². The Bertz CT molecular complexity index is 2010. The molecule has 2 bridgehead atoms. The maximum absolute atomic E-state index is 14.8. The average molecular weight is 743 g/mol. The van der Waals surface area contributed by atoms with Gasteiger partial charge in [-0.3, -0.25) is 19.1 Å². The number of piperidine rings is 1. The summed E-state index contributed by atoms with van der Waals surface area (Å²) in [5.74, 6) is 0.00740. The van der Waals surface area contributed by atoms with Crippen molar-refractivity contribution in [1.82, 2.24) is 34.5 Å². The summed E-state index contributed by atoms with van der Waals surface area (Å²) in [6.45, 7) is 3.90. The van der Waals surface area contributed by atoms with E-state index in [9.17, 15) is 18.8 Å². The number of halogens is 2. The van der Waals surface area contributed by atoms with Gasteiger partial charge in [0.25, 0.3) is 0 Å². The molecule has 2 aliphatic heterocycles. The van der Waals surface area contributed by atoms with Crippen molar-refractivity contribution in [1.29, 1.82) is 0 Å². The summed E-state index contributed by atoms with van der Waals surface area (Å²) < 4.78 is 16.9. The van der Waals surface area contributed by atoms with Gasteiger partial charge in [0.2, 0.25) is 5.91 Å². The summed E-state index contributed by atoms with van der Waals surface area (Å²) in [5, 5.41) is 5.05. The van der Waals surface area contributed by atoms with Crippen molar-refractivity contribution in [3.8, 4) is 11.1 Å². The molecular weight excluding hydrogens is 701 g/mol. The Kier molecular flexibility index (Phi) is 9.51. The number of amides is 1. The lowest BCUT2D eigenvalue weighted by Gasteiger charge is -2.27. The number of aryl methyl sites for hydroxylation is 1. The number of carbonyl (C=O) groups excluding carboxylic acids is 3. The van der Waals surface area contributed by atoms with Gasteiger partial charge in [-0.1, -0.05) is 18.2 Å². The van der Waals surface area contributed by atoms with Crippen LogP contribution < -0.4 is 0 Å². The van der Waals surface area contributed by atoms with Gasteiger partial charge < -0.3 is 9.80 Å². The van der Waals surface area contributed by atoms with Crippen LogP contribution in [0.25, 0.3) is 22.0 Å². The third-order valence-electron chi connectivity index (χ3n) is 10.5. The van der Waals surface area contributed by atoms with Gasteiger partial charge in [0, 0.05) is 53.8 Å². The number of pyridine rings is 1. The number of carbonyl (C=O) groups is 3. The van der Waals surface area contributed by atoms with Crippen LogP contribution in [0.3, 0.4) is 0 Å². The van der Waals surface area contributed by atoms with Crippen molar-refractivity contribution in [3.63, 3.8) is 0 Å². The van der Waals surface area contributed by atoms with Gasteiger partial charge in [-0.25, -0.2) is 19.3 Å². The number of hydrogen-bond acceptors (Lipinski definition) is 8. The van der Waals surface area contributed by atoms with E-state index in [4.69, 9.17) is 4.98 Å². The molecule has 3 aliphatic rings. The zero-order valence-electron chi connectivity index (χ0n) is 28.7. The zero-order chi connectivity index (χ0) is 35.2. The molecule has 5 heterocycles. The normalized spacial score (nSPS) is 22.8. The molecule has 1 unspecified atom stereocenters. The van der Waals surface area contributed by atoms with E-state index in [1.165, 1.54) is 11.6 Å². The van der Waals surface area contributed by atoms with E-state index in [-0.39, 0.29) is 47.6 Å². The number of aromatic nitrogens is 5. The highest BCUT2D eigenvalue weighted by Gasteiger charge is 2.67. The van der Waals surface area contributed by atoms with Crippen LogP contribution in [0, 0.1) is 12.3 Å². The fourth-order valence-corrected chi connectivity index (χ4v) is 8.35. The van der Waals surface area contributed by atoms with Crippen molar-refractivity contribution in [2.45, 2.75) is 84.1 Å². The first kappa shape index (κ1) is 34.3. The summed E-state index contributed by atoms with van der Waals surface area (Å²) in [4.78, 5) is 58.9. The summed E-state index contributed by atoms with van der Waals surface area (Å²) >= 11 is 3.48. The highest BCUT2D eigenvalue weighted by Crippen LogP contribution is 2.60. The number of nitrogens with zero attached hydrogens (tertiary/aromatic N) is 7. The first-order chi connectivity index (χ1) is 24.1. The molecule has 2 fully saturated rings. The first-order valence-electron chi connectivity index (χ1n) is 17.3. The predicted octanol–water partition coefficient (Wildman–Crippen LogP) is 6.02. The molecule has 50 heavy (non-hydrogen) atoms. The SMILES string of the molecule is CC(=O)c1nn(CC(=O)N2C3C[C@]34C[C@H]2C(=O)Cc2nc(Br)ccc2CC=CCCCCN(C)C4)c2c(CF)cc(-c3cnc(C)nc3)cc12. The average Bonchev–Trinajstić information content (AvgIpc) is 3.47. The van der Waals surface area contributed by atoms with Gasteiger partial charge >= 0.3 is 0 Å². The Morgan fingerprint density at radius 3 is 2.64 bits per heavy atom. The minimum atomic E-state index is -0.825. The second-order valence-electron chi connectivity index (χ2n) is 14.1. The fourth-order valence-electron chi connectivity index (χ4n) is 8.00. The van der Waals surface area contributed by atoms with Crippen LogP contribution in [0.15, 0.2) is 53.4 Å². The molecule has 1 saturated heterocycles. The molecule has 3 atom stereocenters. The van der Waals surface area contributed by atoms with Crippen molar-refractivity contribution in [2.75, 3.05) is 20.1 Å². The molecule has 1 saturated carbocycles. The van der Waals surface area contributed by atoms with Crippen molar-refractivity contribution >= 4 is 44.3 Å². The molecule has 1 spiro atoms. The summed E-state index contributed by atoms with van der Waals surface area (Å²) in [6, 6.07) is 6.69. The lowest BCUT2D eigenvalue weighted by molar-refractivity contribution is -0.139. The van der Waals surface area contributed by atoms with E-state index in [0.29, 0.717) is 56.6 Å². The van der Waals surface area contributed by atoms with Gasteiger partial charge in [-0.05, 0) is 104 Å². The lowest BCUT2D eigenvalue weighted by atomic mass is 9.93. The van der Waals surface area contributed by atoms with E-state index in [2.05, 4.69) is 55.1 Å². The molecule has 0 N–H and O–H groups in total. The van der Waals surface area contributed by atoms with Crippen LogP contribution in [0.5, 0.6) is 0 Å². The summed E-state index contributed by atoms with van der Waals surface area (Å²) in [5.41, 5.74) is 3.74. The number of fused-ring (bicyclic) bond motifs is 3. The smallest absolute Gasteiger partial charge is 0.245 e. The van der Waals surface area contributed by atoms with E-state index in [1.54, 1.807) is 36.4 Å². The van der Waals surface area contributed by atoms with Crippen molar-refractivity contribution < 1.29 is 18.8 Å². The quantitative estimate of drug-likeness (QED) is 0.139. The molecule has 3 aromatic heterocycles. The molecular formula is C38H41BrFN7O3. The Morgan fingerprint density at radius 1 is 1.08 bits per heavy atom. The molecule has 7 rings (SSSR count). The van der Waals surface area contributed by atoms with Crippen LogP contribution >= 0.6 is 15.9 Å². The number of hydrogen-bond donors (Lipinski definition) is 0. The second kappa shape index (κ2) is 13.9. The Hall–Kier alpha value is -4.16. The Morgan fingerprint density at radius 2 is 1.88 bits per heavy atom. The third kappa shape index (κ3) is 6.67. The van der Waals surface area contributed by atoms with Gasteiger partial charge in [0.1, 0.15) is 29.3 Å². The molecule has 260 valence electrons. The number of Topliss-reactive ketones (excluding diaryl/α,β-unsaturated/α-hetero) is 2. The first-order valence-corrected chi connectivity index (χ1v) is 18.1. The maximum atomic E-state index is 14.8. The molecule has 1 aliphatic carbocycles. The Labute approximate surface area is 299 Å². The standard InChI is InChI=1S/C38H41BrFN7O3/c1-23(48)36-29-14-26(28-19-41-24(2)42-20-28)13-27(18-40)37(29)46(44-36)21-35(50)47-31-16-38(17-33(38)47)22-45(3)12-8-6-4-5-7-9-25-10-11-34(39)43-30(25)15-32(31)49/h5,7,10-11,13-14,19-20,31,33H,4,6,8-9,12,15-18,21-22H2,1-3H3/t31-,33?,38-/m0/s1. The molecule has 10 nitrogen and oxygen atoms in total. The number of allylic oxidation sites excluding steroid dienone is 2. The minimum absolute atomic E-state index is 0.0420. The number of likely N-dealkylation sites (tertiary alicyclic amines) is 1. The number of alkyl halides is 1. The van der Waals surface area contributed by atoms with E-state index >= 15 is 0 Å². The van der Waals surface area contributed by atoms with Gasteiger partial charge in [-0.2, -0.15) is 5.10 Å². The molecule has 12 heteroatoms.